The monoisotopic (exact) mass is 591 g/mol. The van der Waals surface area contributed by atoms with Crippen LogP contribution < -0.4 is 20.7 Å². The van der Waals surface area contributed by atoms with Crippen LogP contribution >= 0.6 is 0 Å². The fraction of sp³-hybridized carbons (Fsp3) is 0. The molecule has 0 spiro atoms. The van der Waals surface area contributed by atoms with Gasteiger partial charge in [0.1, 0.15) is 11.2 Å². The number of furan rings is 1. The fourth-order valence-corrected chi connectivity index (χ4v) is 12.5. The summed E-state index contributed by atoms with van der Waals surface area (Å²) in [7, 11) is -2.83. The zero-order chi connectivity index (χ0) is 29.8. The van der Waals surface area contributed by atoms with Crippen LogP contribution in [0.5, 0.6) is 0 Å². The maximum absolute atomic E-state index is 6.46. The topological polar surface area (TPSA) is 18.1 Å². The minimum Gasteiger partial charge on any atom is -0.456 e. The molecular formula is C42H29NOSi. The first-order valence-corrected chi connectivity index (χ1v) is 17.4. The molecule has 0 aliphatic carbocycles. The molecule has 0 N–H and O–H groups in total. The summed E-state index contributed by atoms with van der Waals surface area (Å²) in [6.45, 7) is 0. The molecule has 9 aromatic rings. The zero-order valence-corrected chi connectivity index (χ0v) is 25.6. The SMILES string of the molecule is c1ccc([Si](c2ccccc2)(c2ccc(-n3c4ccccc4c4ccccc43)cc2)c2cccc3oc4ccccc4c23)cc1. The Morgan fingerprint density at radius 1 is 0.378 bits per heavy atom. The molecule has 0 saturated carbocycles. The Kier molecular flexibility index (Phi) is 5.87. The molecule has 2 heterocycles. The molecule has 0 unspecified atom stereocenters. The molecule has 2 nitrogen and oxygen atoms in total. The lowest BCUT2D eigenvalue weighted by Crippen LogP contribution is -2.74. The van der Waals surface area contributed by atoms with Gasteiger partial charge in [-0.3, -0.25) is 0 Å². The molecule has 0 saturated heterocycles. The number of nitrogens with zero attached hydrogens (tertiary/aromatic N) is 1. The van der Waals surface area contributed by atoms with Crippen molar-refractivity contribution < 1.29 is 4.42 Å². The van der Waals surface area contributed by atoms with E-state index in [1.54, 1.807) is 0 Å². The van der Waals surface area contributed by atoms with Gasteiger partial charge >= 0.3 is 0 Å². The van der Waals surface area contributed by atoms with Crippen LogP contribution in [-0.2, 0) is 0 Å². The van der Waals surface area contributed by atoms with Crippen LogP contribution in [0.15, 0.2) is 180 Å². The van der Waals surface area contributed by atoms with E-state index >= 15 is 0 Å². The Hall–Kier alpha value is -5.64. The number of aromatic nitrogens is 1. The third kappa shape index (κ3) is 3.81. The van der Waals surface area contributed by atoms with Gasteiger partial charge in [-0.05, 0) is 57.1 Å². The van der Waals surface area contributed by atoms with Gasteiger partial charge in [-0.15, -0.1) is 0 Å². The van der Waals surface area contributed by atoms with Crippen molar-refractivity contribution in [1.29, 1.82) is 0 Å². The summed E-state index contributed by atoms with van der Waals surface area (Å²) in [5.41, 5.74) is 5.45. The van der Waals surface area contributed by atoms with E-state index < -0.39 is 8.07 Å². The molecule has 0 aliphatic heterocycles. The second-order valence-electron chi connectivity index (χ2n) is 11.7. The van der Waals surface area contributed by atoms with Gasteiger partial charge in [0.2, 0.25) is 0 Å². The molecule has 2 aromatic heterocycles. The highest BCUT2D eigenvalue weighted by Crippen LogP contribution is 2.32. The van der Waals surface area contributed by atoms with Crippen LogP contribution in [0.1, 0.15) is 0 Å². The van der Waals surface area contributed by atoms with Crippen LogP contribution in [0.2, 0.25) is 0 Å². The third-order valence-corrected chi connectivity index (χ3v) is 14.2. The average Bonchev–Trinajstić information content (AvgIpc) is 3.66. The van der Waals surface area contributed by atoms with E-state index in [4.69, 9.17) is 4.42 Å². The molecule has 0 fully saturated rings. The van der Waals surface area contributed by atoms with Crippen molar-refractivity contribution in [3.05, 3.63) is 176 Å². The van der Waals surface area contributed by atoms with E-state index in [0.29, 0.717) is 0 Å². The number of benzene rings is 7. The highest BCUT2D eigenvalue weighted by atomic mass is 28.3. The molecule has 0 aliphatic rings. The van der Waals surface area contributed by atoms with Crippen molar-refractivity contribution in [2.24, 2.45) is 0 Å². The second-order valence-corrected chi connectivity index (χ2v) is 15.4. The summed E-state index contributed by atoms with van der Waals surface area (Å²) in [6.07, 6.45) is 0. The minimum atomic E-state index is -2.83. The van der Waals surface area contributed by atoms with E-state index in [1.165, 1.54) is 47.9 Å². The number of rotatable bonds is 5. The molecule has 0 atom stereocenters. The lowest BCUT2D eigenvalue weighted by atomic mass is 10.1. The summed E-state index contributed by atoms with van der Waals surface area (Å²) in [5, 5.41) is 10.3. The van der Waals surface area contributed by atoms with Crippen molar-refractivity contribution in [2.75, 3.05) is 0 Å². The molecule has 212 valence electrons. The fourth-order valence-electron chi connectivity index (χ4n) is 7.49. The molecule has 7 aromatic carbocycles. The van der Waals surface area contributed by atoms with Crippen LogP contribution in [0.25, 0.3) is 49.4 Å². The van der Waals surface area contributed by atoms with Gasteiger partial charge in [0.05, 0.1) is 11.0 Å². The Morgan fingerprint density at radius 3 is 1.49 bits per heavy atom. The largest absolute Gasteiger partial charge is 0.456 e. The van der Waals surface area contributed by atoms with Crippen LogP contribution in [0.4, 0.5) is 0 Å². The molecule has 45 heavy (non-hydrogen) atoms. The predicted octanol–water partition coefficient (Wildman–Crippen LogP) is 8.06. The van der Waals surface area contributed by atoms with Gasteiger partial charge < -0.3 is 8.98 Å². The van der Waals surface area contributed by atoms with Gasteiger partial charge in [0.25, 0.3) is 0 Å². The summed E-state index contributed by atoms with van der Waals surface area (Å²) in [4.78, 5) is 0. The zero-order valence-electron chi connectivity index (χ0n) is 24.6. The van der Waals surface area contributed by atoms with E-state index in [1.807, 2.05) is 0 Å². The first kappa shape index (κ1) is 25.8. The maximum atomic E-state index is 6.46. The summed E-state index contributed by atoms with van der Waals surface area (Å²) in [5.74, 6) is 0. The van der Waals surface area contributed by atoms with Crippen LogP contribution in [-0.4, -0.2) is 12.6 Å². The second kappa shape index (κ2) is 10.2. The summed E-state index contributed by atoms with van der Waals surface area (Å²) in [6, 6.07) is 64.1. The smallest absolute Gasteiger partial charge is 0.180 e. The molecule has 0 radical (unpaired) electrons. The standard InChI is InChI=1S/C42H29NOSi/c1-3-14-31(15-4-1)45(32-16-5-2-6-17-32,41-25-13-24-40-42(41)36-20-9-12-23-39(36)44-40)33-28-26-30(27-29-33)43-37-21-10-7-18-34(37)35-19-8-11-22-38(35)43/h1-29H. The van der Waals surface area contributed by atoms with E-state index in [2.05, 4.69) is 180 Å². The first-order chi connectivity index (χ1) is 22.3. The van der Waals surface area contributed by atoms with Crippen LogP contribution in [0.3, 0.4) is 0 Å². The lowest BCUT2D eigenvalue weighted by molar-refractivity contribution is 0.669. The summed E-state index contributed by atoms with van der Waals surface area (Å²) >= 11 is 0. The average molecular weight is 592 g/mol. The highest BCUT2D eigenvalue weighted by molar-refractivity contribution is 7.20. The Morgan fingerprint density at radius 2 is 0.867 bits per heavy atom. The Labute approximate surface area is 262 Å². The quantitative estimate of drug-likeness (QED) is 0.146. The predicted molar refractivity (Wildman–Crippen MR) is 192 cm³/mol. The number of hydrogen-bond donors (Lipinski definition) is 0. The van der Waals surface area contributed by atoms with Crippen molar-refractivity contribution in [1.82, 2.24) is 4.57 Å². The highest BCUT2D eigenvalue weighted by Gasteiger charge is 2.43. The van der Waals surface area contributed by atoms with Gasteiger partial charge in [0.15, 0.2) is 8.07 Å². The van der Waals surface area contributed by atoms with E-state index in [9.17, 15) is 0 Å². The molecular weight excluding hydrogens is 563 g/mol. The van der Waals surface area contributed by atoms with Crippen LogP contribution in [0, 0.1) is 0 Å². The van der Waals surface area contributed by atoms with Crippen molar-refractivity contribution >= 4 is 72.6 Å². The van der Waals surface area contributed by atoms with Gasteiger partial charge in [-0.25, -0.2) is 0 Å². The molecule has 3 heteroatoms. The number of fused-ring (bicyclic) bond motifs is 6. The normalized spacial score (nSPS) is 12.0. The summed E-state index contributed by atoms with van der Waals surface area (Å²) < 4.78 is 8.86. The van der Waals surface area contributed by atoms with E-state index in [-0.39, 0.29) is 0 Å². The molecule has 0 bridgehead atoms. The van der Waals surface area contributed by atoms with Crippen molar-refractivity contribution in [3.63, 3.8) is 0 Å². The van der Waals surface area contributed by atoms with E-state index in [0.717, 1.165) is 22.2 Å². The number of hydrogen-bond acceptors (Lipinski definition) is 1. The third-order valence-electron chi connectivity index (χ3n) is 9.36. The van der Waals surface area contributed by atoms with Gasteiger partial charge in [-0.2, -0.15) is 0 Å². The minimum absolute atomic E-state index is 0.922. The van der Waals surface area contributed by atoms with Crippen molar-refractivity contribution in [2.45, 2.75) is 0 Å². The first-order valence-electron chi connectivity index (χ1n) is 15.4. The maximum Gasteiger partial charge on any atom is 0.180 e. The molecule has 0 amide bonds. The van der Waals surface area contributed by atoms with Crippen molar-refractivity contribution in [3.8, 4) is 5.69 Å². The molecule has 9 rings (SSSR count). The van der Waals surface area contributed by atoms with Gasteiger partial charge in [0, 0.05) is 27.2 Å². The lowest BCUT2D eigenvalue weighted by Gasteiger charge is -2.35. The number of para-hydroxylation sites is 3. The van der Waals surface area contributed by atoms with Gasteiger partial charge in [-0.1, -0.05) is 140 Å². The Bertz CT molecular complexity index is 2380. The Balaban J connectivity index is 1.37.